The van der Waals surface area contributed by atoms with Crippen LogP contribution in [-0.2, 0) is 6.42 Å². The summed E-state index contributed by atoms with van der Waals surface area (Å²) in [7, 11) is 0. The Labute approximate surface area is 115 Å². The number of nitrogens with one attached hydrogen (secondary N) is 1. The van der Waals surface area contributed by atoms with Gasteiger partial charge in [-0.25, -0.2) is 0 Å². The predicted octanol–water partition coefficient (Wildman–Crippen LogP) is 3.94. The first-order valence-electron chi connectivity index (χ1n) is 7.19. The van der Waals surface area contributed by atoms with Crippen molar-refractivity contribution < 1.29 is 0 Å². The van der Waals surface area contributed by atoms with Crippen LogP contribution in [0.4, 0.5) is 0 Å². The third-order valence-electron chi connectivity index (χ3n) is 4.53. The van der Waals surface area contributed by atoms with E-state index in [1.54, 1.807) is 11.1 Å². The summed E-state index contributed by atoms with van der Waals surface area (Å²) in [6, 6.07) is 9.62. The van der Waals surface area contributed by atoms with Crippen molar-refractivity contribution in [1.82, 2.24) is 5.32 Å². The van der Waals surface area contributed by atoms with Crippen molar-refractivity contribution in [3.05, 3.63) is 35.4 Å². The van der Waals surface area contributed by atoms with Gasteiger partial charge in [-0.3, -0.25) is 0 Å². The molecule has 0 spiro atoms. The van der Waals surface area contributed by atoms with Gasteiger partial charge in [0.05, 0.1) is 0 Å². The summed E-state index contributed by atoms with van der Waals surface area (Å²) in [6.45, 7) is 1.19. The number of fused-ring (bicyclic) bond motifs is 1. The first-order valence-corrected chi connectivity index (χ1v) is 8.42. The fraction of sp³-hybridized carbons (Fsp3) is 0.625. The summed E-state index contributed by atoms with van der Waals surface area (Å²) in [5.41, 5.74) is 3.13. The Bertz CT molecular complexity index is 411. The summed E-state index contributed by atoms with van der Waals surface area (Å²) in [5.74, 6) is 0. The van der Waals surface area contributed by atoms with Crippen LogP contribution >= 0.6 is 11.8 Å². The third-order valence-corrected chi connectivity index (χ3v) is 5.95. The molecule has 1 N–H and O–H groups in total. The lowest BCUT2D eigenvalue weighted by Gasteiger charge is -2.22. The Kier molecular flexibility index (Phi) is 3.67. The van der Waals surface area contributed by atoms with E-state index in [0.717, 1.165) is 0 Å². The Morgan fingerprint density at radius 3 is 2.89 bits per heavy atom. The van der Waals surface area contributed by atoms with Crippen molar-refractivity contribution in [2.75, 3.05) is 12.8 Å². The van der Waals surface area contributed by atoms with Gasteiger partial charge in [0.15, 0.2) is 0 Å². The molecule has 18 heavy (non-hydrogen) atoms. The average molecular weight is 261 g/mol. The normalized spacial score (nSPS) is 25.3. The van der Waals surface area contributed by atoms with Crippen molar-refractivity contribution in [3.63, 3.8) is 0 Å². The minimum Gasteiger partial charge on any atom is -0.309 e. The number of aryl methyl sites for hydroxylation is 1. The zero-order valence-electron chi connectivity index (χ0n) is 11.2. The molecule has 0 radical (unpaired) electrons. The van der Waals surface area contributed by atoms with Crippen molar-refractivity contribution in [2.45, 2.75) is 49.3 Å². The maximum absolute atomic E-state index is 3.85. The summed E-state index contributed by atoms with van der Waals surface area (Å²) in [4.78, 5) is 0. The topological polar surface area (TPSA) is 12.0 Å². The Hall–Kier alpha value is -0.470. The van der Waals surface area contributed by atoms with Gasteiger partial charge in [-0.2, -0.15) is 11.8 Å². The minimum absolute atomic E-state index is 0.571. The molecule has 2 aliphatic rings. The van der Waals surface area contributed by atoms with Gasteiger partial charge in [-0.1, -0.05) is 30.7 Å². The van der Waals surface area contributed by atoms with Crippen LogP contribution in [0.2, 0.25) is 0 Å². The maximum Gasteiger partial charge on any atom is 0.0323 e. The van der Waals surface area contributed by atoms with Gasteiger partial charge >= 0.3 is 0 Å². The van der Waals surface area contributed by atoms with Gasteiger partial charge in [0.25, 0.3) is 0 Å². The Balaban J connectivity index is 1.71. The number of benzene rings is 1. The number of hydrogen-bond acceptors (Lipinski definition) is 2. The average Bonchev–Trinajstić information content (AvgIpc) is 3.21. The van der Waals surface area contributed by atoms with Crippen molar-refractivity contribution in [2.24, 2.45) is 0 Å². The lowest BCUT2D eigenvalue weighted by Crippen LogP contribution is -2.30. The van der Waals surface area contributed by atoms with E-state index in [4.69, 9.17) is 0 Å². The molecule has 1 atom stereocenters. The summed E-state index contributed by atoms with van der Waals surface area (Å²) >= 11 is 2.05. The highest BCUT2D eigenvalue weighted by atomic mass is 32.2. The molecule has 0 amide bonds. The summed E-state index contributed by atoms with van der Waals surface area (Å²) in [5, 5.41) is 3.85. The van der Waals surface area contributed by atoms with Crippen molar-refractivity contribution >= 4 is 11.8 Å². The molecule has 1 unspecified atom stereocenters. The Morgan fingerprint density at radius 1 is 1.28 bits per heavy atom. The van der Waals surface area contributed by atoms with Gasteiger partial charge in [-0.05, 0) is 49.5 Å². The van der Waals surface area contributed by atoms with E-state index in [0.29, 0.717) is 10.8 Å². The zero-order chi connectivity index (χ0) is 12.4. The van der Waals surface area contributed by atoms with Crippen LogP contribution in [-0.4, -0.2) is 17.5 Å². The van der Waals surface area contributed by atoms with E-state index in [-0.39, 0.29) is 0 Å². The largest absolute Gasteiger partial charge is 0.309 e. The standard InChI is InChI=1S/C16H23NS/c1-18-16(10-11-16)12-17-15-9-5-3-7-13-6-2-4-8-14(13)15/h2,4,6,8,15,17H,3,5,7,9-12H2,1H3. The molecule has 1 aromatic rings. The van der Waals surface area contributed by atoms with Crippen molar-refractivity contribution in [3.8, 4) is 0 Å². The first-order chi connectivity index (χ1) is 8.83. The van der Waals surface area contributed by atoms with Crippen LogP contribution in [0.1, 0.15) is 49.3 Å². The molecule has 0 bridgehead atoms. The number of hydrogen-bond donors (Lipinski definition) is 1. The molecule has 3 rings (SSSR count). The molecule has 1 aromatic carbocycles. The van der Waals surface area contributed by atoms with Gasteiger partial charge in [-0.15, -0.1) is 0 Å². The fourth-order valence-electron chi connectivity index (χ4n) is 3.03. The monoisotopic (exact) mass is 261 g/mol. The van der Waals surface area contributed by atoms with Gasteiger partial charge < -0.3 is 5.32 Å². The second-order valence-electron chi connectivity index (χ2n) is 5.77. The lowest BCUT2D eigenvalue weighted by atomic mass is 9.99. The van der Waals surface area contributed by atoms with Crippen LogP contribution in [0.5, 0.6) is 0 Å². The molecule has 0 saturated heterocycles. The number of thioether (sulfide) groups is 1. The highest BCUT2D eigenvalue weighted by molar-refractivity contribution is 8.00. The quantitative estimate of drug-likeness (QED) is 0.824. The molecule has 0 aliphatic heterocycles. The molecule has 2 heteroatoms. The highest BCUT2D eigenvalue weighted by Crippen LogP contribution is 2.47. The van der Waals surface area contributed by atoms with Crippen LogP contribution in [0.25, 0.3) is 0 Å². The van der Waals surface area contributed by atoms with Crippen molar-refractivity contribution in [1.29, 1.82) is 0 Å². The summed E-state index contributed by atoms with van der Waals surface area (Å²) in [6.07, 6.45) is 10.3. The summed E-state index contributed by atoms with van der Waals surface area (Å²) < 4.78 is 0.571. The SMILES string of the molecule is CSC1(CNC2CCCCc3ccccc32)CC1. The molecular formula is C16H23NS. The predicted molar refractivity (Wildman–Crippen MR) is 80.2 cm³/mol. The molecule has 98 valence electrons. The molecule has 0 heterocycles. The first kappa shape index (κ1) is 12.6. The Morgan fingerprint density at radius 2 is 2.11 bits per heavy atom. The smallest absolute Gasteiger partial charge is 0.0323 e. The highest BCUT2D eigenvalue weighted by Gasteiger charge is 2.41. The molecule has 1 fully saturated rings. The maximum atomic E-state index is 3.85. The molecule has 2 aliphatic carbocycles. The molecule has 1 nitrogen and oxygen atoms in total. The lowest BCUT2D eigenvalue weighted by molar-refractivity contribution is 0.485. The van der Waals surface area contributed by atoms with E-state index in [9.17, 15) is 0 Å². The second-order valence-corrected chi connectivity index (χ2v) is 7.04. The van der Waals surface area contributed by atoms with Crippen LogP contribution < -0.4 is 5.32 Å². The van der Waals surface area contributed by atoms with Gasteiger partial charge in [0.2, 0.25) is 0 Å². The van der Waals surface area contributed by atoms with E-state index < -0.39 is 0 Å². The molecular weight excluding hydrogens is 238 g/mol. The van der Waals surface area contributed by atoms with E-state index >= 15 is 0 Å². The van der Waals surface area contributed by atoms with E-state index in [1.807, 2.05) is 0 Å². The third kappa shape index (κ3) is 2.60. The van der Waals surface area contributed by atoms with Crippen LogP contribution in [0.3, 0.4) is 0 Å². The van der Waals surface area contributed by atoms with Gasteiger partial charge in [0.1, 0.15) is 0 Å². The van der Waals surface area contributed by atoms with E-state index in [1.165, 1.54) is 45.1 Å². The second kappa shape index (κ2) is 5.26. The van der Waals surface area contributed by atoms with Gasteiger partial charge in [0, 0.05) is 17.3 Å². The van der Waals surface area contributed by atoms with Crippen LogP contribution in [0, 0.1) is 0 Å². The number of rotatable bonds is 4. The zero-order valence-corrected chi connectivity index (χ0v) is 12.1. The fourth-order valence-corrected chi connectivity index (χ4v) is 3.77. The molecule has 1 saturated carbocycles. The minimum atomic E-state index is 0.571. The van der Waals surface area contributed by atoms with E-state index in [2.05, 4.69) is 47.6 Å². The van der Waals surface area contributed by atoms with Crippen LogP contribution in [0.15, 0.2) is 24.3 Å². The molecule has 0 aromatic heterocycles.